The summed E-state index contributed by atoms with van der Waals surface area (Å²) in [5.41, 5.74) is 0. The van der Waals surface area contributed by atoms with Crippen LogP contribution in [0, 0.1) is 29.6 Å². The molecule has 0 heterocycles. The highest BCUT2D eigenvalue weighted by Gasteiger charge is 2.35. The molecule has 4 nitrogen and oxygen atoms in total. The summed E-state index contributed by atoms with van der Waals surface area (Å²) in [6.07, 6.45) is 100. The number of carboxylic acids is 1. The van der Waals surface area contributed by atoms with E-state index in [1.807, 2.05) is 7.11 Å². The Bertz CT molecular complexity index is 1360. The molecule has 3 unspecified atom stereocenters. The van der Waals surface area contributed by atoms with E-state index >= 15 is 0 Å². The van der Waals surface area contributed by atoms with Gasteiger partial charge in [-0.15, -0.1) is 0 Å². The van der Waals surface area contributed by atoms with E-state index in [-0.39, 0.29) is 0 Å². The second-order valence-electron chi connectivity index (χ2n) is 31.3. The van der Waals surface area contributed by atoms with Crippen LogP contribution in [0.3, 0.4) is 0 Å². The standard InChI is InChI=1S/C86H170O4/c1-6-8-10-12-14-16-18-20-22-24-25-26-27-32-36-44-50-56-62-68-74-83(86(88)89)84(87)75-69-63-57-51-45-37-33-29-28-31-35-42-48-54-60-66-72-81-78-82(81)73-67-61-55-49-43-39-38-40-46-52-58-64-70-79(3)76-77-85(90-5)80(4)71-65-59-53-47-41-34-30-23-21-19-17-15-13-11-9-7-2/h79-85,87H,6-78H2,1-5H3,(H,88,89)/p-1/t79?,80-,81?,82?,83+,84+,85-/m0/s1. The van der Waals surface area contributed by atoms with Gasteiger partial charge in [0, 0.05) is 19.0 Å². The number of carbonyl (C=O) groups excluding carboxylic acids is 1. The Kier molecular flexibility index (Phi) is 69.1. The molecular formula is C86H169O4-. The Labute approximate surface area is 568 Å². The summed E-state index contributed by atoms with van der Waals surface area (Å²) in [7, 11) is 1.96. The Morgan fingerprint density at radius 3 is 0.822 bits per heavy atom. The first-order valence-corrected chi connectivity index (χ1v) is 42.8. The minimum Gasteiger partial charge on any atom is -0.550 e. The van der Waals surface area contributed by atoms with E-state index in [9.17, 15) is 15.0 Å². The predicted molar refractivity (Wildman–Crippen MR) is 399 cm³/mol. The number of aliphatic hydroxyl groups is 1. The van der Waals surface area contributed by atoms with Gasteiger partial charge in [0.15, 0.2) is 0 Å². The van der Waals surface area contributed by atoms with Gasteiger partial charge in [0.05, 0.1) is 12.2 Å². The number of carbonyl (C=O) groups is 1. The normalized spacial score (nSPS) is 15.8. The SMILES string of the molecule is CCCCCCCCCCCCCCCCCCCCCC[C@@H](C(=O)[O-])[C@H](O)CCCCCCCCCCCCCCCCCCC1CC1CCCCCCCCCCCCCCC(C)CC[C@H](OC)[C@@H](C)CCCCCCCCCCCCCCCCCC. The topological polar surface area (TPSA) is 69.6 Å². The maximum atomic E-state index is 11.9. The Morgan fingerprint density at radius 1 is 0.322 bits per heavy atom. The molecule has 4 heteroatoms. The van der Waals surface area contributed by atoms with Gasteiger partial charge in [0.25, 0.3) is 0 Å². The summed E-state index contributed by atoms with van der Waals surface area (Å²) in [4.78, 5) is 11.9. The summed E-state index contributed by atoms with van der Waals surface area (Å²) in [5.74, 6) is 1.97. The van der Waals surface area contributed by atoms with E-state index in [4.69, 9.17) is 4.74 Å². The highest BCUT2D eigenvalue weighted by atomic mass is 16.5. The number of rotatable bonds is 79. The molecule has 7 atom stereocenters. The number of aliphatic carboxylic acids is 1. The van der Waals surface area contributed by atoms with Crippen molar-refractivity contribution < 1.29 is 19.7 Å². The second-order valence-corrected chi connectivity index (χ2v) is 31.3. The molecule has 0 radical (unpaired) electrons. The summed E-state index contributed by atoms with van der Waals surface area (Å²) in [6.45, 7) is 9.55. The van der Waals surface area contributed by atoms with Crippen molar-refractivity contribution in [3.05, 3.63) is 0 Å². The molecule has 1 rings (SSSR count). The molecule has 538 valence electrons. The van der Waals surface area contributed by atoms with E-state index in [0.717, 1.165) is 43.4 Å². The van der Waals surface area contributed by atoms with Crippen molar-refractivity contribution in [2.75, 3.05) is 7.11 Å². The molecule has 90 heavy (non-hydrogen) atoms. The molecule has 1 N–H and O–H groups in total. The summed E-state index contributed by atoms with van der Waals surface area (Å²) < 4.78 is 6.03. The van der Waals surface area contributed by atoms with Gasteiger partial charge < -0.3 is 19.7 Å². The number of unbranched alkanes of at least 4 members (excludes halogenated alkanes) is 60. The average Bonchev–Trinajstić information content (AvgIpc) is 3.51. The number of hydrogen-bond donors (Lipinski definition) is 1. The van der Waals surface area contributed by atoms with Crippen molar-refractivity contribution in [3.8, 4) is 0 Å². The Hall–Kier alpha value is -0.610. The van der Waals surface area contributed by atoms with Crippen LogP contribution in [0.25, 0.3) is 0 Å². The van der Waals surface area contributed by atoms with Crippen molar-refractivity contribution in [2.24, 2.45) is 29.6 Å². The number of hydrogen-bond acceptors (Lipinski definition) is 4. The molecule has 0 aliphatic heterocycles. The molecule has 0 aromatic heterocycles. The fourth-order valence-corrected chi connectivity index (χ4v) is 15.6. The lowest BCUT2D eigenvalue weighted by atomic mass is 9.90. The van der Waals surface area contributed by atoms with Crippen LogP contribution in [0.1, 0.15) is 496 Å². The van der Waals surface area contributed by atoms with Gasteiger partial charge >= 0.3 is 0 Å². The molecule has 1 aliphatic rings. The zero-order valence-electron chi connectivity index (χ0n) is 62.8. The fraction of sp³-hybridized carbons (Fsp3) is 0.988. The van der Waals surface area contributed by atoms with Gasteiger partial charge in [-0.2, -0.15) is 0 Å². The van der Waals surface area contributed by atoms with Crippen LogP contribution in [0.4, 0.5) is 0 Å². The van der Waals surface area contributed by atoms with Gasteiger partial charge in [0.2, 0.25) is 0 Å². The lowest BCUT2D eigenvalue weighted by Gasteiger charge is -2.24. The molecule has 0 aromatic rings. The zero-order chi connectivity index (χ0) is 64.9. The van der Waals surface area contributed by atoms with Gasteiger partial charge in [-0.1, -0.05) is 458 Å². The maximum Gasteiger partial charge on any atom is 0.0620 e. The number of ether oxygens (including phenoxy) is 1. The van der Waals surface area contributed by atoms with Crippen LogP contribution < -0.4 is 5.11 Å². The molecule has 1 fully saturated rings. The highest BCUT2D eigenvalue weighted by molar-refractivity contribution is 5.68. The fourth-order valence-electron chi connectivity index (χ4n) is 15.6. The van der Waals surface area contributed by atoms with Crippen LogP contribution >= 0.6 is 0 Å². The van der Waals surface area contributed by atoms with Crippen LogP contribution in [-0.4, -0.2) is 30.4 Å². The first-order chi connectivity index (χ1) is 44.3. The van der Waals surface area contributed by atoms with Crippen LogP contribution in [0.2, 0.25) is 0 Å². The smallest absolute Gasteiger partial charge is 0.0620 e. The molecule has 0 spiro atoms. The minimum absolute atomic E-state index is 0.455. The van der Waals surface area contributed by atoms with Crippen molar-refractivity contribution in [3.63, 3.8) is 0 Å². The Balaban J connectivity index is 1.78. The molecule has 1 saturated carbocycles. The van der Waals surface area contributed by atoms with Crippen molar-refractivity contribution in [1.82, 2.24) is 0 Å². The van der Waals surface area contributed by atoms with Crippen molar-refractivity contribution in [1.29, 1.82) is 0 Å². The maximum absolute atomic E-state index is 11.9. The molecule has 1 aliphatic carbocycles. The van der Waals surface area contributed by atoms with Crippen molar-refractivity contribution in [2.45, 2.75) is 509 Å². The zero-order valence-corrected chi connectivity index (χ0v) is 62.8. The lowest BCUT2D eigenvalue weighted by molar-refractivity contribution is -0.314. The molecule has 0 saturated heterocycles. The minimum atomic E-state index is -1.05. The van der Waals surface area contributed by atoms with Gasteiger partial charge in [-0.05, 0) is 62.2 Å². The van der Waals surface area contributed by atoms with Crippen molar-refractivity contribution >= 4 is 5.97 Å². The van der Waals surface area contributed by atoms with E-state index < -0.39 is 18.0 Å². The van der Waals surface area contributed by atoms with Crippen LogP contribution in [-0.2, 0) is 9.53 Å². The van der Waals surface area contributed by atoms with Gasteiger partial charge in [0.1, 0.15) is 0 Å². The van der Waals surface area contributed by atoms with Gasteiger partial charge in [-0.3, -0.25) is 0 Å². The molecule has 0 bridgehead atoms. The van der Waals surface area contributed by atoms with E-state index in [0.29, 0.717) is 24.9 Å². The average molecular weight is 1270 g/mol. The first kappa shape index (κ1) is 87.4. The third kappa shape index (κ3) is 62.2. The van der Waals surface area contributed by atoms with E-state index in [1.165, 1.54) is 424 Å². The summed E-state index contributed by atoms with van der Waals surface area (Å²) in [5, 5.41) is 22.5. The third-order valence-corrected chi connectivity index (χ3v) is 22.4. The molecule has 0 aromatic carbocycles. The quantitative estimate of drug-likeness (QED) is 0.0616. The largest absolute Gasteiger partial charge is 0.550 e. The summed E-state index contributed by atoms with van der Waals surface area (Å²) in [6, 6.07) is 0. The Morgan fingerprint density at radius 2 is 0.556 bits per heavy atom. The van der Waals surface area contributed by atoms with Gasteiger partial charge in [-0.25, -0.2) is 0 Å². The second kappa shape index (κ2) is 71.2. The predicted octanol–water partition coefficient (Wildman–Crippen LogP) is 28.8. The van der Waals surface area contributed by atoms with E-state index in [2.05, 4.69) is 27.7 Å². The number of aliphatic hydroxyl groups excluding tert-OH is 1. The number of carboxylic acid groups (broad SMARTS) is 1. The van der Waals surface area contributed by atoms with Crippen LogP contribution in [0.15, 0.2) is 0 Å². The molecular weight excluding hydrogens is 1100 g/mol. The third-order valence-electron chi connectivity index (χ3n) is 22.4. The monoisotopic (exact) mass is 1270 g/mol. The lowest BCUT2D eigenvalue weighted by Crippen LogP contribution is -2.38. The highest BCUT2D eigenvalue weighted by Crippen LogP contribution is 2.46. The first-order valence-electron chi connectivity index (χ1n) is 42.8. The number of methoxy groups -OCH3 is 1. The van der Waals surface area contributed by atoms with E-state index in [1.54, 1.807) is 6.42 Å². The molecule has 0 amide bonds. The summed E-state index contributed by atoms with van der Waals surface area (Å²) >= 11 is 0. The van der Waals surface area contributed by atoms with Crippen LogP contribution in [0.5, 0.6) is 0 Å².